The first kappa shape index (κ1) is 26.8. The predicted octanol–water partition coefficient (Wildman–Crippen LogP) is 2.50. The second kappa shape index (κ2) is 13.9. The molecule has 0 amide bonds. The summed E-state index contributed by atoms with van der Waals surface area (Å²) in [6.07, 6.45) is 2.88. The zero-order valence-electron chi connectivity index (χ0n) is 17.5. The molecular weight excluding hydrogens is 537 g/mol. The number of aromatic nitrogens is 1. The fourth-order valence-corrected chi connectivity index (χ4v) is 4.32. The van der Waals surface area contributed by atoms with Crippen LogP contribution < -0.4 is 15.4 Å². The summed E-state index contributed by atoms with van der Waals surface area (Å²) >= 11 is 1.68. The SMILES string of the molecule is CCNC(=NCc1cccc(S(=O)(=O)NCCOC)c1)NCc1ncc(CC)s1.I. The Balaban J connectivity index is 0.00000450. The van der Waals surface area contributed by atoms with Crippen molar-refractivity contribution in [1.82, 2.24) is 20.3 Å². The average Bonchev–Trinajstić information content (AvgIpc) is 3.18. The van der Waals surface area contributed by atoms with E-state index in [-0.39, 0.29) is 35.4 Å². The molecule has 168 valence electrons. The number of thiazole rings is 1. The normalized spacial score (nSPS) is 11.8. The summed E-state index contributed by atoms with van der Waals surface area (Å²) in [5, 5.41) is 7.46. The van der Waals surface area contributed by atoms with Crippen LogP contribution in [0.15, 0.2) is 40.4 Å². The van der Waals surface area contributed by atoms with Gasteiger partial charge in [0.05, 0.1) is 24.6 Å². The molecule has 0 spiro atoms. The van der Waals surface area contributed by atoms with Gasteiger partial charge in [-0.25, -0.2) is 23.1 Å². The zero-order chi connectivity index (χ0) is 21.1. The largest absolute Gasteiger partial charge is 0.383 e. The van der Waals surface area contributed by atoms with Gasteiger partial charge in [-0.15, -0.1) is 35.3 Å². The first-order chi connectivity index (χ1) is 14.0. The average molecular weight is 568 g/mol. The number of nitrogens with one attached hydrogen (secondary N) is 3. The number of aryl methyl sites for hydroxylation is 1. The second-order valence-corrected chi connectivity index (χ2v) is 9.13. The molecule has 0 aliphatic rings. The van der Waals surface area contributed by atoms with Crippen LogP contribution >= 0.6 is 35.3 Å². The second-order valence-electron chi connectivity index (χ2n) is 6.16. The van der Waals surface area contributed by atoms with E-state index in [4.69, 9.17) is 4.74 Å². The number of halogens is 1. The van der Waals surface area contributed by atoms with Crippen LogP contribution in [-0.4, -0.2) is 46.2 Å². The number of hydrogen-bond acceptors (Lipinski definition) is 6. The van der Waals surface area contributed by atoms with Gasteiger partial charge < -0.3 is 15.4 Å². The van der Waals surface area contributed by atoms with Gasteiger partial charge in [-0.2, -0.15) is 0 Å². The molecular formula is C19H30IN5O3S2. The summed E-state index contributed by atoms with van der Waals surface area (Å²) in [7, 11) is -2.04. The minimum absolute atomic E-state index is 0. The third-order valence-electron chi connectivity index (χ3n) is 3.93. The number of sulfonamides is 1. The van der Waals surface area contributed by atoms with Gasteiger partial charge in [-0.1, -0.05) is 19.1 Å². The van der Waals surface area contributed by atoms with Crippen molar-refractivity contribution in [1.29, 1.82) is 0 Å². The van der Waals surface area contributed by atoms with E-state index in [1.807, 2.05) is 19.2 Å². The van der Waals surface area contributed by atoms with Crippen LogP contribution in [0.3, 0.4) is 0 Å². The highest BCUT2D eigenvalue weighted by atomic mass is 127. The Morgan fingerprint density at radius 3 is 2.73 bits per heavy atom. The lowest BCUT2D eigenvalue weighted by Crippen LogP contribution is -2.36. The fourth-order valence-electron chi connectivity index (χ4n) is 2.44. The number of aliphatic imine (C=N–C) groups is 1. The van der Waals surface area contributed by atoms with Gasteiger partial charge in [0.25, 0.3) is 0 Å². The minimum atomic E-state index is -3.57. The molecule has 2 rings (SSSR count). The monoisotopic (exact) mass is 567 g/mol. The van der Waals surface area contributed by atoms with Gasteiger partial charge >= 0.3 is 0 Å². The van der Waals surface area contributed by atoms with Crippen molar-refractivity contribution in [3.63, 3.8) is 0 Å². The Kier molecular flexibility index (Phi) is 12.4. The van der Waals surface area contributed by atoms with Gasteiger partial charge in [0.1, 0.15) is 5.01 Å². The smallest absolute Gasteiger partial charge is 0.240 e. The topological polar surface area (TPSA) is 105 Å². The lowest BCUT2D eigenvalue weighted by Gasteiger charge is -2.11. The third-order valence-corrected chi connectivity index (χ3v) is 6.53. The van der Waals surface area contributed by atoms with Crippen LogP contribution in [0.1, 0.15) is 29.3 Å². The van der Waals surface area contributed by atoms with Crippen LogP contribution in [0.2, 0.25) is 0 Å². The van der Waals surface area contributed by atoms with E-state index in [1.165, 1.54) is 12.0 Å². The van der Waals surface area contributed by atoms with E-state index in [0.717, 1.165) is 23.5 Å². The highest BCUT2D eigenvalue weighted by molar-refractivity contribution is 14.0. The van der Waals surface area contributed by atoms with Gasteiger partial charge in [-0.05, 0) is 31.0 Å². The maximum atomic E-state index is 12.4. The summed E-state index contributed by atoms with van der Waals surface area (Å²) in [4.78, 5) is 10.4. The molecule has 0 radical (unpaired) electrons. The Hall–Kier alpha value is -1.28. The number of rotatable bonds is 11. The van der Waals surface area contributed by atoms with E-state index < -0.39 is 10.0 Å². The molecule has 3 N–H and O–H groups in total. The molecule has 11 heteroatoms. The molecule has 0 aliphatic carbocycles. The highest BCUT2D eigenvalue weighted by Gasteiger charge is 2.13. The van der Waals surface area contributed by atoms with Gasteiger partial charge in [0.15, 0.2) is 5.96 Å². The molecule has 0 saturated heterocycles. The maximum Gasteiger partial charge on any atom is 0.240 e. The summed E-state index contributed by atoms with van der Waals surface area (Å²) < 4.78 is 32.1. The number of benzene rings is 1. The van der Waals surface area contributed by atoms with E-state index >= 15 is 0 Å². The van der Waals surface area contributed by atoms with Crippen molar-refractivity contribution >= 4 is 51.3 Å². The number of nitrogens with zero attached hydrogens (tertiary/aromatic N) is 2. The van der Waals surface area contributed by atoms with Gasteiger partial charge in [0, 0.05) is 31.3 Å². The standard InChI is InChI=1S/C19H29N5O3S2.HI/c1-4-16-13-21-18(28-16)14-23-19(20-5-2)22-12-15-7-6-8-17(11-15)29(25,26)24-9-10-27-3;/h6-8,11,13,24H,4-5,9-10,12,14H2,1-3H3,(H2,20,22,23);1H. The summed E-state index contributed by atoms with van der Waals surface area (Å²) in [5.74, 6) is 0.659. The molecule has 0 atom stereocenters. The van der Waals surface area contributed by atoms with Gasteiger partial charge in [0.2, 0.25) is 10.0 Å². The molecule has 0 unspecified atom stereocenters. The van der Waals surface area contributed by atoms with E-state index in [9.17, 15) is 8.42 Å². The van der Waals surface area contributed by atoms with E-state index in [1.54, 1.807) is 29.5 Å². The Bertz CT molecular complexity index is 903. The zero-order valence-corrected chi connectivity index (χ0v) is 21.4. The van der Waals surface area contributed by atoms with Crippen molar-refractivity contribution < 1.29 is 13.2 Å². The summed E-state index contributed by atoms with van der Waals surface area (Å²) in [6, 6.07) is 6.78. The number of ether oxygens (including phenoxy) is 1. The molecule has 2 aromatic rings. The first-order valence-electron chi connectivity index (χ1n) is 9.51. The summed E-state index contributed by atoms with van der Waals surface area (Å²) in [5.41, 5.74) is 0.805. The predicted molar refractivity (Wildman–Crippen MR) is 132 cm³/mol. The van der Waals surface area contributed by atoms with E-state index in [0.29, 0.717) is 25.7 Å². The molecule has 1 aromatic carbocycles. The van der Waals surface area contributed by atoms with Crippen molar-refractivity contribution in [2.45, 2.75) is 38.3 Å². The highest BCUT2D eigenvalue weighted by Crippen LogP contribution is 2.14. The Morgan fingerprint density at radius 2 is 2.07 bits per heavy atom. The van der Waals surface area contributed by atoms with Gasteiger partial charge in [-0.3, -0.25) is 0 Å². The summed E-state index contributed by atoms with van der Waals surface area (Å²) in [6.45, 7) is 6.32. The lowest BCUT2D eigenvalue weighted by atomic mass is 10.2. The maximum absolute atomic E-state index is 12.4. The van der Waals surface area contributed by atoms with Crippen LogP contribution in [0, 0.1) is 0 Å². The first-order valence-corrected chi connectivity index (χ1v) is 11.8. The fraction of sp³-hybridized carbons (Fsp3) is 0.474. The molecule has 0 fully saturated rings. The molecule has 1 aromatic heterocycles. The number of guanidine groups is 1. The van der Waals surface area contributed by atoms with Crippen LogP contribution in [0.4, 0.5) is 0 Å². The Morgan fingerprint density at radius 1 is 1.27 bits per heavy atom. The molecule has 8 nitrogen and oxygen atoms in total. The van der Waals surface area contributed by atoms with E-state index in [2.05, 4.69) is 32.3 Å². The lowest BCUT2D eigenvalue weighted by molar-refractivity contribution is 0.204. The number of methoxy groups -OCH3 is 1. The van der Waals surface area contributed by atoms with Crippen LogP contribution in [0.5, 0.6) is 0 Å². The van der Waals surface area contributed by atoms with Crippen molar-refractivity contribution in [2.24, 2.45) is 4.99 Å². The minimum Gasteiger partial charge on any atom is -0.383 e. The third kappa shape index (κ3) is 8.84. The van der Waals surface area contributed by atoms with Crippen molar-refractivity contribution in [2.75, 3.05) is 26.8 Å². The Labute approximate surface area is 200 Å². The molecule has 0 bridgehead atoms. The number of hydrogen-bond donors (Lipinski definition) is 3. The molecule has 1 heterocycles. The van der Waals surface area contributed by atoms with Crippen molar-refractivity contribution in [3.05, 3.63) is 45.9 Å². The quantitative estimate of drug-likeness (QED) is 0.167. The van der Waals surface area contributed by atoms with Crippen molar-refractivity contribution in [3.8, 4) is 0 Å². The molecule has 0 aliphatic heterocycles. The molecule has 30 heavy (non-hydrogen) atoms. The molecule has 0 saturated carbocycles. The van der Waals surface area contributed by atoms with Crippen LogP contribution in [0.25, 0.3) is 0 Å². The van der Waals surface area contributed by atoms with Crippen LogP contribution in [-0.2, 0) is 34.3 Å².